The fraction of sp³-hybridized carbons (Fsp3) is 0.500. The lowest BCUT2D eigenvalue weighted by Crippen LogP contribution is -2.34. The number of aryl methyl sites for hydroxylation is 1. The average molecular weight is 250 g/mol. The minimum absolute atomic E-state index is 0.000542. The van der Waals surface area contributed by atoms with E-state index in [4.69, 9.17) is 4.74 Å². The van der Waals surface area contributed by atoms with E-state index in [1.165, 1.54) is 5.56 Å². The van der Waals surface area contributed by atoms with E-state index in [0.717, 1.165) is 17.7 Å². The quantitative estimate of drug-likeness (QED) is 0.759. The van der Waals surface area contributed by atoms with Gasteiger partial charge < -0.3 is 4.74 Å². The molecule has 0 fully saturated rings. The zero-order chi connectivity index (χ0) is 13.5. The van der Waals surface area contributed by atoms with Gasteiger partial charge in [-0.05, 0) is 29.5 Å². The molecule has 1 aromatic rings. The van der Waals surface area contributed by atoms with Crippen molar-refractivity contribution in [2.24, 2.45) is 0 Å². The number of hydrogen-bond donors (Lipinski definition) is 2. The van der Waals surface area contributed by atoms with Crippen LogP contribution in [0.5, 0.6) is 5.75 Å². The standard InChI is InChI=1S/C14H22N2O2/c1-10(2)12-9-11(5-7-13(12)18-4)6-8-14(17)16-15-3/h5,7,9-10,15H,6,8H2,1-4H3,(H,16,17). The maximum Gasteiger partial charge on any atom is 0.234 e. The molecule has 0 bridgehead atoms. The Morgan fingerprint density at radius 3 is 2.67 bits per heavy atom. The molecule has 0 saturated carbocycles. The molecule has 0 spiro atoms. The molecule has 4 heteroatoms. The minimum atomic E-state index is -0.000542. The van der Waals surface area contributed by atoms with Crippen molar-refractivity contribution in [2.45, 2.75) is 32.6 Å². The number of amides is 1. The molecule has 4 nitrogen and oxygen atoms in total. The van der Waals surface area contributed by atoms with Crippen molar-refractivity contribution in [3.63, 3.8) is 0 Å². The fourth-order valence-electron chi connectivity index (χ4n) is 1.85. The van der Waals surface area contributed by atoms with Crippen LogP contribution in [-0.4, -0.2) is 20.1 Å². The number of methoxy groups -OCH3 is 1. The summed E-state index contributed by atoms with van der Waals surface area (Å²) in [6.45, 7) is 4.27. The Labute approximate surface area is 109 Å². The molecule has 1 rings (SSSR count). The van der Waals surface area contributed by atoms with Gasteiger partial charge in [0.2, 0.25) is 5.91 Å². The second kappa shape index (κ2) is 7.01. The highest BCUT2D eigenvalue weighted by Crippen LogP contribution is 2.27. The van der Waals surface area contributed by atoms with E-state index < -0.39 is 0 Å². The van der Waals surface area contributed by atoms with E-state index in [1.54, 1.807) is 14.2 Å². The number of carbonyl (C=O) groups excluding carboxylic acids is 1. The molecule has 0 aliphatic heterocycles. The van der Waals surface area contributed by atoms with Crippen molar-refractivity contribution < 1.29 is 9.53 Å². The van der Waals surface area contributed by atoms with E-state index in [-0.39, 0.29) is 5.91 Å². The lowest BCUT2D eigenvalue weighted by atomic mass is 9.98. The molecule has 0 atom stereocenters. The molecule has 0 unspecified atom stereocenters. The summed E-state index contributed by atoms with van der Waals surface area (Å²) in [5.74, 6) is 1.32. The molecule has 100 valence electrons. The van der Waals surface area contributed by atoms with Gasteiger partial charge in [0.25, 0.3) is 0 Å². The Balaban J connectivity index is 2.73. The van der Waals surface area contributed by atoms with Crippen LogP contribution in [0.4, 0.5) is 0 Å². The Kier molecular flexibility index (Phi) is 5.65. The average Bonchev–Trinajstić information content (AvgIpc) is 2.36. The van der Waals surface area contributed by atoms with Crippen molar-refractivity contribution in [2.75, 3.05) is 14.2 Å². The van der Waals surface area contributed by atoms with Gasteiger partial charge in [-0.3, -0.25) is 10.2 Å². The normalized spacial score (nSPS) is 10.5. The van der Waals surface area contributed by atoms with Crippen LogP contribution in [0.2, 0.25) is 0 Å². The number of carbonyl (C=O) groups is 1. The highest BCUT2D eigenvalue weighted by Gasteiger charge is 2.09. The summed E-state index contributed by atoms with van der Waals surface area (Å²) >= 11 is 0. The number of hydrogen-bond acceptors (Lipinski definition) is 3. The first-order chi connectivity index (χ1) is 8.58. The largest absolute Gasteiger partial charge is 0.496 e. The van der Waals surface area contributed by atoms with Crippen LogP contribution in [0, 0.1) is 0 Å². The summed E-state index contributed by atoms with van der Waals surface area (Å²) in [7, 11) is 3.36. The van der Waals surface area contributed by atoms with Crippen molar-refractivity contribution in [1.29, 1.82) is 0 Å². The van der Waals surface area contributed by atoms with Crippen LogP contribution in [0.1, 0.15) is 37.3 Å². The van der Waals surface area contributed by atoms with E-state index in [2.05, 4.69) is 30.8 Å². The van der Waals surface area contributed by atoms with Gasteiger partial charge in [0.05, 0.1) is 7.11 Å². The van der Waals surface area contributed by atoms with Crippen LogP contribution in [0.15, 0.2) is 18.2 Å². The molecule has 1 amide bonds. The minimum Gasteiger partial charge on any atom is -0.496 e. The van der Waals surface area contributed by atoms with Crippen molar-refractivity contribution in [1.82, 2.24) is 10.9 Å². The lowest BCUT2D eigenvalue weighted by molar-refractivity contribution is -0.121. The molecule has 18 heavy (non-hydrogen) atoms. The van der Waals surface area contributed by atoms with E-state index in [0.29, 0.717) is 12.3 Å². The number of ether oxygens (including phenoxy) is 1. The van der Waals surface area contributed by atoms with Gasteiger partial charge in [-0.1, -0.05) is 26.0 Å². The van der Waals surface area contributed by atoms with Crippen molar-refractivity contribution >= 4 is 5.91 Å². The van der Waals surface area contributed by atoms with E-state index in [1.807, 2.05) is 12.1 Å². The molecule has 0 radical (unpaired) electrons. The summed E-state index contributed by atoms with van der Waals surface area (Å²) in [4.78, 5) is 11.4. The fourth-order valence-corrected chi connectivity index (χ4v) is 1.85. The molecular formula is C14H22N2O2. The first-order valence-corrected chi connectivity index (χ1v) is 6.21. The zero-order valence-corrected chi connectivity index (χ0v) is 11.5. The summed E-state index contributed by atoms with van der Waals surface area (Å²) < 4.78 is 5.34. The van der Waals surface area contributed by atoms with Gasteiger partial charge in [-0.25, -0.2) is 5.43 Å². The Morgan fingerprint density at radius 1 is 1.39 bits per heavy atom. The summed E-state index contributed by atoms with van der Waals surface area (Å²) in [6.07, 6.45) is 1.21. The molecule has 0 heterocycles. The molecule has 0 aliphatic carbocycles. The predicted octanol–water partition coefficient (Wildman–Crippen LogP) is 2.00. The lowest BCUT2D eigenvalue weighted by Gasteiger charge is -2.13. The Morgan fingerprint density at radius 2 is 2.11 bits per heavy atom. The van der Waals surface area contributed by atoms with Crippen LogP contribution >= 0.6 is 0 Å². The van der Waals surface area contributed by atoms with Gasteiger partial charge in [0.1, 0.15) is 5.75 Å². The van der Waals surface area contributed by atoms with Gasteiger partial charge >= 0.3 is 0 Å². The summed E-state index contributed by atoms with van der Waals surface area (Å²) in [6, 6.07) is 6.11. The maximum absolute atomic E-state index is 11.4. The van der Waals surface area contributed by atoms with Gasteiger partial charge in [-0.15, -0.1) is 0 Å². The Hall–Kier alpha value is -1.55. The highest BCUT2D eigenvalue weighted by atomic mass is 16.5. The third-order valence-corrected chi connectivity index (χ3v) is 2.82. The predicted molar refractivity (Wildman–Crippen MR) is 72.6 cm³/mol. The topological polar surface area (TPSA) is 50.4 Å². The van der Waals surface area contributed by atoms with Crippen LogP contribution < -0.4 is 15.6 Å². The number of nitrogens with one attached hydrogen (secondary N) is 2. The van der Waals surface area contributed by atoms with Gasteiger partial charge in [0, 0.05) is 13.5 Å². The summed E-state index contributed by atoms with van der Waals surface area (Å²) in [5, 5.41) is 0. The third-order valence-electron chi connectivity index (χ3n) is 2.82. The molecule has 0 saturated heterocycles. The van der Waals surface area contributed by atoms with Crippen LogP contribution in [0.25, 0.3) is 0 Å². The Bertz CT molecular complexity index is 403. The van der Waals surface area contributed by atoms with Crippen LogP contribution in [0.3, 0.4) is 0 Å². The van der Waals surface area contributed by atoms with Crippen molar-refractivity contribution in [3.8, 4) is 5.75 Å². The first kappa shape index (κ1) is 14.5. The number of rotatable bonds is 6. The van der Waals surface area contributed by atoms with E-state index >= 15 is 0 Å². The summed E-state index contributed by atoms with van der Waals surface area (Å²) in [5.41, 5.74) is 7.54. The number of hydrazine groups is 1. The monoisotopic (exact) mass is 250 g/mol. The third kappa shape index (κ3) is 4.04. The second-order valence-corrected chi connectivity index (χ2v) is 4.53. The molecular weight excluding hydrogens is 228 g/mol. The second-order valence-electron chi connectivity index (χ2n) is 4.53. The molecule has 0 aliphatic rings. The van der Waals surface area contributed by atoms with Crippen molar-refractivity contribution in [3.05, 3.63) is 29.3 Å². The van der Waals surface area contributed by atoms with E-state index in [9.17, 15) is 4.79 Å². The van der Waals surface area contributed by atoms with Gasteiger partial charge in [0.15, 0.2) is 0 Å². The number of benzene rings is 1. The maximum atomic E-state index is 11.4. The van der Waals surface area contributed by atoms with Gasteiger partial charge in [-0.2, -0.15) is 0 Å². The van der Waals surface area contributed by atoms with Crippen LogP contribution in [-0.2, 0) is 11.2 Å². The molecule has 1 aromatic carbocycles. The zero-order valence-electron chi connectivity index (χ0n) is 11.5. The highest BCUT2D eigenvalue weighted by molar-refractivity contribution is 5.75. The smallest absolute Gasteiger partial charge is 0.234 e. The SMILES string of the molecule is CNNC(=O)CCc1ccc(OC)c(C(C)C)c1. The molecule has 0 aromatic heterocycles. The first-order valence-electron chi connectivity index (χ1n) is 6.21. The molecule has 2 N–H and O–H groups in total.